The van der Waals surface area contributed by atoms with Crippen LogP contribution in [0.5, 0.6) is 0 Å². The normalized spacial score (nSPS) is 19.7. The van der Waals surface area contributed by atoms with Crippen molar-refractivity contribution < 1.29 is 28.8 Å². The van der Waals surface area contributed by atoms with E-state index in [1.54, 1.807) is 4.90 Å². The Bertz CT molecular complexity index is 1230. The molecule has 0 aliphatic carbocycles. The molecule has 58 heavy (non-hydrogen) atoms. The molecular formula is C38H74N14O6. The molecule has 20 nitrogen and oxygen atoms in total. The Morgan fingerprint density at radius 1 is 0.414 bits per heavy atom. The van der Waals surface area contributed by atoms with Crippen molar-refractivity contribution in [2.45, 2.75) is 65.2 Å². The predicted molar refractivity (Wildman–Crippen MR) is 224 cm³/mol. The summed E-state index contributed by atoms with van der Waals surface area (Å²) in [5, 5.41) is 16.9. The summed E-state index contributed by atoms with van der Waals surface area (Å²) in [6.07, 6.45) is 7.75. The first-order valence-corrected chi connectivity index (χ1v) is 21.8. The van der Waals surface area contributed by atoms with Crippen LogP contribution in [0.15, 0.2) is 0 Å². The first-order valence-electron chi connectivity index (χ1n) is 21.8. The minimum absolute atomic E-state index is 0.0168. The summed E-state index contributed by atoms with van der Waals surface area (Å²) in [6, 6.07) is 0.256. The summed E-state index contributed by atoms with van der Waals surface area (Å²) in [5.74, 6) is 0. The fraction of sp³-hybridized carbons (Fsp3) is 0.842. The third kappa shape index (κ3) is 18.0. The van der Waals surface area contributed by atoms with Crippen LogP contribution in [-0.2, 0) is 0 Å². The van der Waals surface area contributed by atoms with Gasteiger partial charge in [0.15, 0.2) is 0 Å². The van der Waals surface area contributed by atoms with E-state index in [0.717, 1.165) is 189 Å². The summed E-state index contributed by atoms with van der Waals surface area (Å²) < 4.78 is 0. The van der Waals surface area contributed by atoms with Gasteiger partial charge in [0.1, 0.15) is 0 Å². The molecule has 0 aromatic carbocycles. The van der Waals surface area contributed by atoms with Gasteiger partial charge in [0.25, 0.3) is 0 Å². The molecule has 0 unspecified atom stereocenters. The highest BCUT2D eigenvalue weighted by Crippen LogP contribution is 2.06. The second-order valence-corrected chi connectivity index (χ2v) is 15.0. The molecule has 0 saturated carbocycles. The molecule has 6 saturated heterocycles. The second kappa shape index (κ2) is 28.0. The minimum Gasteiger partial charge on any atom is -0.338 e. The van der Waals surface area contributed by atoms with Crippen LogP contribution in [0.1, 0.15) is 65.2 Å². The molecule has 6 rings (SSSR count). The van der Waals surface area contributed by atoms with Gasteiger partial charge in [0, 0.05) is 124 Å². The van der Waals surface area contributed by atoms with E-state index in [1.807, 2.05) is 24.5 Å². The number of nitrogens with one attached hydrogen (secondary N) is 6. The number of hydrogen-bond donors (Lipinski definition) is 7. The van der Waals surface area contributed by atoms with Crippen molar-refractivity contribution in [1.82, 2.24) is 66.2 Å². The maximum atomic E-state index is 11.5. The number of carbonyl (C=O) groups is 6. The molecule has 6 aliphatic rings. The highest BCUT2D eigenvalue weighted by atomic mass is 16.2. The van der Waals surface area contributed by atoms with Crippen molar-refractivity contribution in [3.8, 4) is 0 Å². The monoisotopic (exact) mass is 823 g/mol. The molecular weight excluding hydrogens is 749 g/mol. The van der Waals surface area contributed by atoms with Gasteiger partial charge in [-0.25, -0.2) is 28.8 Å². The van der Waals surface area contributed by atoms with Gasteiger partial charge in [0.05, 0.1) is 0 Å². The molecule has 332 valence electrons. The Morgan fingerprint density at radius 2 is 0.690 bits per heavy atom. The Balaban J connectivity index is 0.000000209. The van der Waals surface area contributed by atoms with Crippen LogP contribution in [0.4, 0.5) is 28.8 Å². The van der Waals surface area contributed by atoms with Crippen LogP contribution in [0.25, 0.3) is 0 Å². The first kappa shape index (κ1) is 47.9. The van der Waals surface area contributed by atoms with E-state index >= 15 is 0 Å². The molecule has 0 aromatic rings. The number of urea groups is 6. The van der Waals surface area contributed by atoms with Crippen LogP contribution in [0.3, 0.4) is 0 Å². The maximum absolute atomic E-state index is 11.5. The standard InChI is InChI=1S/C11H20N4O2.C10H18N4O2.C10H21N3O.C7H15N3O/c16-10-12-4-1-6-14(10)8-3-9-15-7-2-5-13-11(15)17;15-9-11-3-1-5-13(9)6-2-7-14-8-4-12-10(14)16;1-3-12(4-2)8-9-13-7-5-6-11-10(13)14;8-3-1-5-10-6-2-4-9-7(10)11/h1-9H2,(H,12,16)(H,13,17);1-8H2,(H,11,15)(H,12,16);3-9H2,1-2H3,(H,11,14);1-6,8H2,(H,9,11). The van der Waals surface area contributed by atoms with Crippen molar-refractivity contribution in [1.29, 1.82) is 0 Å². The smallest absolute Gasteiger partial charge is 0.317 e. The highest BCUT2D eigenvalue weighted by Gasteiger charge is 2.22. The van der Waals surface area contributed by atoms with Crippen molar-refractivity contribution >= 4 is 36.2 Å². The molecule has 0 radical (unpaired) electrons. The van der Waals surface area contributed by atoms with E-state index in [0.29, 0.717) is 6.54 Å². The Morgan fingerprint density at radius 3 is 0.966 bits per heavy atom. The lowest BCUT2D eigenvalue weighted by Crippen LogP contribution is -2.49. The predicted octanol–water partition coefficient (Wildman–Crippen LogP) is 0.518. The van der Waals surface area contributed by atoms with Crippen molar-refractivity contribution in [3.63, 3.8) is 0 Å². The number of likely N-dealkylation sites (N-methyl/N-ethyl adjacent to an activating group) is 1. The van der Waals surface area contributed by atoms with Crippen molar-refractivity contribution in [2.75, 3.05) is 144 Å². The topological polar surface area (TPSA) is 223 Å². The number of rotatable bonds is 16. The van der Waals surface area contributed by atoms with Crippen LogP contribution in [0.2, 0.25) is 0 Å². The van der Waals surface area contributed by atoms with Crippen LogP contribution >= 0.6 is 0 Å². The van der Waals surface area contributed by atoms with Crippen molar-refractivity contribution in [3.05, 3.63) is 0 Å². The summed E-state index contributed by atoms with van der Waals surface area (Å²) in [5.41, 5.74) is 5.33. The number of hydrogen-bond acceptors (Lipinski definition) is 8. The van der Waals surface area contributed by atoms with Gasteiger partial charge in [0.2, 0.25) is 0 Å². The van der Waals surface area contributed by atoms with Gasteiger partial charge in [-0.05, 0) is 71.0 Å². The number of carbonyl (C=O) groups excluding carboxylic acids is 6. The molecule has 6 aliphatic heterocycles. The van der Waals surface area contributed by atoms with Gasteiger partial charge >= 0.3 is 36.2 Å². The average molecular weight is 823 g/mol. The molecule has 0 atom stereocenters. The number of nitrogens with zero attached hydrogens (tertiary/aromatic N) is 7. The summed E-state index contributed by atoms with van der Waals surface area (Å²) in [7, 11) is 0. The Kier molecular flexibility index (Phi) is 23.2. The number of amides is 12. The fourth-order valence-electron chi connectivity index (χ4n) is 7.17. The quantitative estimate of drug-likeness (QED) is 0.116. The SMILES string of the molecule is CCN(CC)CCN1CCCNC1=O.NCCCN1CCCNC1=O.O=C1NCCCN1CCCN1CCCNC1=O.O=C1NCCCN1CCCN1CCNC1=O. The summed E-state index contributed by atoms with van der Waals surface area (Å²) >= 11 is 0. The molecule has 20 heteroatoms. The molecule has 0 spiro atoms. The van der Waals surface area contributed by atoms with E-state index in [2.05, 4.69) is 50.6 Å². The fourth-order valence-corrected chi connectivity index (χ4v) is 7.17. The molecule has 6 fully saturated rings. The van der Waals surface area contributed by atoms with E-state index in [-0.39, 0.29) is 36.2 Å². The van der Waals surface area contributed by atoms with Gasteiger partial charge in [-0.2, -0.15) is 0 Å². The van der Waals surface area contributed by atoms with E-state index in [1.165, 1.54) is 0 Å². The lowest BCUT2D eigenvalue weighted by molar-refractivity contribution is 0.172. The van der Waals surface area contributed by atoms with Crippen LogP contribution < -0.4 is 37.6 Å². The van der Waals surface area contributed by atoms with Crippen molar-refractivity contribution in [2.24, 2.45) is 5.73 Å². The third-order valence-corrected chi connectivity index (χ3v) is 10.7. The zero-order chi connectivity index (χ0) is 42.0. The lowest BCUT2D eigenvalue weighted by Gasteiger charge is -2.30. The zero-order valence-corrected chi connectivity index (χ0v) is 35.4. The maximum Gasteiger partial charge on any atom is 0.317 e. The van der Waals surface area contributed by atoms with Gasteiger partial charge in [-0.1, -0.05) is 13.8 Å². The lowest BCUT2D eigenvalue weighted by atomic mass is 10.2. The van der Waals surface area contributed by atoms with Crippen LogP contribution in [0, 0.1) is 0 Å². The second-order valence-electron chi connectivity index (χ2n) is 15.0. The molecule has 0 aromatic heterocycles. The Hall–Kier alpha value is -4.46. The van der Waals surface area contributed by atoms with Gasteiger partial charge in [-0.3, -0.25) is 0 Å². The number of nitrogens with two attached hydrogens (primary N) is 1. The third-order valence-electron chi connectivity index (χ3n) is 10.7. The molecule has 0 bridgehead atoms. The van der Waals surface area contributed by atoms with Gasteiger partial charge < -0.3 is 71.9 Å². The summed E-state index contributed by atoms with van der Waals surface area (Å²) in [4.78, 5) is 81.3. The average Bonchev–Trinajstić information content (AvgIpc) is 3.65. The van der Waals surface area contributed by atoms with E-state index in [4.69, 9.17) is 5.73 Å². The van der Waals surface area contributed by atoms with E-state index < -0.39 is 0 Å². The minimum atomic E-state index is 0.0168. The summed E-state index contributed by atoms with van der Waals surface area (Å²) in [6.45, 7) is 22.4. The van der Waals surface area contributed by atoms with Gasteiger partial charge in [-0.15, -0.1) is 0 Å². The van der Waals surface area contributed by atoms with E-state index in [9.17, 15) is 28.8 Å². The Labute approximate surface area is 345 Å². The zero-order valence-electron chi connectivity index (χ0n) is 35.4. The molecule has 8 N–H and O–H groups in total. The largest absolute Gasteiger partial charge is 0.338 e. The molecule has 12 amide bonds. The molecule has 6 heterocycles. The highest BCUT2D eigenvalue weighted by molar-refractivity contribution is 5.77. The first-order chi connectivity index (χ1) is 28.2. The van der Waals surface area contributed by atoms with Crippen LogP contribution in [-0.4, -0.2) is 214 Å².